The topological polar surface area (TPSA) is 33.1 Å². The van der Waals surface area contributed by atoms with Crippen LogP contribution in [-0.2, 0) is 6.18 Å². The van der Waals surface area contributed by atoms with Crippen LogP contribution in [0, 0.1) is 0 Å². The number of thiocarbonyl (C=S) groups is 1. The summed E-state index contributed by atoms with van der Waals surface area (Å²) in [6.45, 7) is 2.80. The predicted octanol–water partition coefficient (Wildman–Crippen LogP) is 5.27. The Morgan fingerprint density at radius 1 is 1.10 bits per heavy atom. The molecule has 0 radical (unpaired) electrons. The smallest absolute Gasteiger partial charge is 0.352 e. The summed E-state index contributed by atoms with van der Waals surface area (Å²) in [6, 6.07) is 14.4. The maximum absolute atomic E-state index is 13.3. The quantitative estimate of drug-likeness (QED) is 0.559. The first kappa shape index (κ1) is 20.4. The molecule has 0 unspecified atom stereocenters. The molecule has 0 amide bonds. The Labute approximate surface area is 178 Å². The van der Waals surface area contributed by atoms with Crippen molar-refractivity contribution < 1.29 is 13.2 Å². The van der Waals surface area contributed by atoms with Crippen molar-refractivity contribution in [2.24, 2.45) is 0 Å². The zero-order valence-corrected chi connectivity index (χ0v) is 17.1. The van der Waals surface area contributed by atoms with Gasteiger partial charge in [-0.1, -0.05) is 19.1 Å². The van der Waals surface area contributed by atoms with Crippen molar-refractivity contribution in [3.8, 4) is 5.69 Å². The number of alkyl halides is 3. The summed E-state index contributed by atoms with van der Waals surface area (Å²) in [6.07, 6.45) is -0.000674. The second-order valence-corrected chi connectivity index (χ2v) is 7.56. The maximum Gasteiger partial charge on any atom is 0.416 e. The highest BCUT2D eigenvalue weighted by molar-refractivity contribution is 7.80. The lowest BCUT2D eigenvalue weighted by Crippen LogP contribution is -2.31. The summed E-state index contributed by atoms with van der Waals surface area (Å²) >= 11 is 5.59. The van der Waals surface area contributed by atoms with Crippen LogP contribution in [0.1, 0.15) is 42.4 Å². The molecule has 0 spiro atoms. The van der Waals surface area contributed by atoms with E-state index in [0.717, 1.165) is 30.4 Å². The molecule has 1 N–H and O–H groups in total. The van der Waals surface area contributed by atoms with Crippen molar-refractivity contribution in [3.05, 3.63) is 83.9 Å². The molecule has 0 aliphatic carbocycles. The normalized spacial score (nSPS) is 19.2. The van der Waals surface area contributed by atoms with Crippen LogP contribution in [0.25, 0.3) is 5.69 Å². The van der Waals surface area contributed by atoms with Crippen molar-refractivity contribution in [1.29, 1.82) is 0 Å². The Hall–Kier alpha value is -2.87. The maximum atomic E-state index is 13.3. The monoisotopic (exact) mass is 430 g/mol. The summed E-state index contributed by atoms with van der Waals surface area (Å²) in [4.78, 5) is 6.58. The van der Waals surface area contributed by atoms with Gasteiger partial charge in [-0.15, -0.1) is 0 Å². The minimum atomic E-state index is -4.40. The fraction of sp³-hybridized carbons (Fsp3) is 0.273. The van der Waals surface area contributed by atoms with Gasteiger partial charge in [0.15, 0.2) is 5.11 Å². The van der Waals surface area contributed by atoms with Crippen LogP contribution in [0.5, 0.6) is 0 Å². The molecular weight excluding hydrogens is 409 g/mol. The number of nitrogens with one attached hydrogen (secondary N) is 1. The van der Waals surface area contributed by atoms with E-state index in [0.29, 0.717) is 10.8 Å². The van der Waals surface area contributed by atoms with Gasteiger partial charge < -0.3 is 14.8 Å². The van der Waals surface area contributed by atoms with E-state index < -0.39 is 11.7 Å². The standard InChI is InChI=1S/C22H21F3N4S/c1-2-12-29-20(19(27-21(29)30)17-9-3-4-11-26-17)18-10-6-13-28(18)16-8-5-7-15(14-16)22(23,24)25/h3-11,13-14,19-20H,2,12H2,1H3,(H,27,30)/t19-,20-/m1/s1. The number of hydrogen-bond acceptors (Lipinski definition) is 2. The Morgan fingerprint density at radius 2 is 1.93 bits per heavy atom. The summed E-state index contributed by atoms with van der Waals surface area (Å²) in [5.74, 6) is 0. The first-order valence-electron chi connectivity index (χ1n) is 9.73. The zero-order chi connectivity index (χ0) is 21.3. The van der Waals surface area contributed by atoms with Gasteiger partial charge in [0, 0.05) is 30.3 Å². The molecule has 0 bridgehead atoms. The molecule has 2 atom stereocenters. The molecule has 3 heterocycles. The van der Waals surface area contributed by atoms with Gasteiger partial charge in [0.2, 0.25) is 0 Å². The van der Waals surface area contributed by atoms with Crippen LogP contribution in [-0.4, -0.2) is 26.1 Å². The van der Waals surface area contributed by atoms with E-state index >= 15 is 0 Å². The molecule has 4 rings (SSSR count). The number of aromatic nitrogens is 2. The fourth-order valence-electron chi connectivity index (χ4n) is 3.91. The second kappa shape index (κ2) is 8.10. The molecule has 4 nitrogen and oxygen atoms in total. The molecule has 1 aliphatic heterocycles. The van der Waals surface area contributed by atoms with Crippen molar-refractivity contribution >= 4 is 17.3 Å². The van der Waals surface area contributed by atoms with Gasteiger partial charge in [-0.3, -0.25) is 4.98 Å². The van der Waals surface area contributed by atoms with Crippen LogP contribution >= 0.6 is 12.2 Å². The summed E-state index contributed by atoms with van der Waals surface area (Å²) in [5, 5.41) is 3.98. The van der Waals surface area contributed by atoms with Crippen molar-refractivity contribution in [1.82, 2.24) is 19.8 Å². The number of pyridine rings is 1. The van der Waals surface area contributed by atoms with E-state index in [4.69, 9.17) is 12.2 Å². The molecular formula is C22H21F3N4S. The zero-order valence-electron chi connectivity index (χ0n) is 16.3. The Kier molecular flexibility index (Phi) is 5.51. The first-order valence-corrected chi connectivity index (χ1v) is 10.1. The third-order valence-electron chi connectivity index (χ3n) is 5.20. The van der Waals surface area contributed by atoms with Gasteiger partial charge in [0.05, 0.1) is 23.3 Å². The number of halogens is 3. The van der Waals surface area contributed by atoms with E-state index in [1.807, 2.05) is 30.3 Å². The van der Waals surface area contributed by atoms with Crippen molar-refractivity contribution in [2.45, 2.75) is 31.6 Å². The van der Waals surface area contributed by atoms with E-state index in [1.54, 1.807) is 23.0 Å². The van der Waals surface area contributed by atoms with E-state index in [1.165, 1.54) is 12.1 Å². The molecule has 156 valence electrons. The number of nitrogens with zero attached hydrogens (tertiary/aromatic N) is 3. The second-order valence-electron chi connectivity index (χ2n) is 7.17. The average molecular weight is 430 g/mol. The fourth-order valence-corrected chi connectivity index (χ4v) is 4.24. The molecule has 1 aromatic carbocycles. The van der Waals surface area contributed by atoms with Crippen LogP contribution in [0.2, 0.25) is 0 Å². The number of hydrogen-bond donors (Lipinski definition) is 1. The van der Waals surface area contributed by atoms with Gasteiger partial charge in [-0.2, -0.15) is 13.2 Å². The van der Waals surface area contributed by atoms with Gasteiger partial charge in [-0.25, -0.2) is 0 Å². The lowest BCUT2D eigenvalue weighted by Gasteiger charge is -2.28. The summed E-state index contributed by atoms with van der Waals surface area (Å²) < 4.78 is 41.6. The van der Waals surface area contributed by atoms with Gasteiger partial charge in [-0.05, 0) is 61.1 Å². The molecule has 3 aromatic rings. The van der Waals surface area contributed by atoms with E-state index in [2.05, 4.69) is 22.1 Å². The molecule has 2 aromatic heterocycles. The molecule has 30 heavy (non-hydrogen) atoms. The van der Waals surface area contributed by atoms with E-state index in [9.17, 15) is 13.2 Å². The van der Waals surface area contributed by atoms with Crippen molar-refractivity contribution in [2.75, 3.05) is 6.54 Å². The van der Waals surface area contributed by atoms with E-state index in [-0.39, 0.29) is 12.1 Å². The highest BCUT2D eigenvalue weighted by Crippen LogP contribution is 2.40. The Bertz CT molecular complexity index is 1030. The minimum Gasteiger partial charge on any atom is -0.352 e. The van der Waals surface area contributed by atoms with Gasteiger partial charge in [0.1, 0.15) is 0 Å². The molecule has 1 aliphatic rings. The highest BCUT2D eigenvalue weighted by atomic mass is 32.1. The molecule has 0 saturated carbocycles. The van der Waals surface area contributed by atoms with Gasteiger partial charge >= 0.3 is 6.18 Å². The Morgan fingerprint density at radius 3 is 2.63 bits per heavy atom. The SMILES string of the molecule is CCCN1C(=S)N[C@H](c2ccccn2)[C@H]1c1cccn1-c1cccc(C(F)(F)F)c1. The first-order chi connectivity index (χ1) is 14.4. The van der Waals surface area contributed by atoms with Crippen LogP contribution < -0.4 is 5.32 Å². The third-order valence-corrected chi connectivity index (χ3v) is 5.55. The molecule has 1 saturated heterocycles. The van der Waals surface area contributed by atoms with Crippen LogP contribution in [0.4, 0.5) is 13.2 Å². The average Bonchev–Trinajstić information content (AvgIpc) is 3.33. The van der Waals surface area contributed by atoms with Crippen LogP contribution in [0.15, 0.2) is 67.0 Å². The molecule has 8 heteroatoms. The predicted molar refractivity (Wildman–Crippen MR) is 113 cm³/mol. The summed E-state index contributed by atoms with van der Waals surface area (Å²) in [5.41, 5.74) is 1.47. The highest BCUT2D eigenvalue weighted by Gasteiger charge is 2.41. The molecule has 1 fully saturated rings. The number of benzene rings is 1. The lowest BCUT2D eigenvalue weighted by atomic mass is 10.0. The van der Waals surface area contributed by atoms with Crippen LogP contribution in [0.3, 0.4) is 0 Å². The number of rotatable bonds is 5. The van der Waals surface area contributed by atoms with Crippen molar-refractivity contribution in [3.63, 3.8) is 0 Å². The third kappa shape index (κ3) is 3.79. The Balaban J connectivity index is 1.80. The largest absolute Gasteiger partial charge is 0.416 e. The minimum absolute atomic E-state index is 0.197. The summed E-state index contributed by atoms with van der Waals surface area (Å²) in [7, 11) is 0. The van der Waals surface area contributed by atoms with Gasteiger partial charge in [0.25, 0.3) is 0 Å². The lowest BCUT2D eigenvalue weighted by molar-refractivity contribution is -0.137.